The summed E-state index contributed by atoms with van der Waals surface area (Å²) in [6.07, 6.45) is 0. The number of benzene rings is 1. The Hall–Kier alpha value is -2.20. The molecule has 0 saturated carbocycles. The molecule has 6 heteroatoms. The zero-order valence-electron chi connectivity index (χ0n) is 10.9. The quantitative estimate of drug-likeness (QED) is 0.285. The number of carbonyl (C=O) groups excluding carboxylic acids is 1. The summed E-state index contributed by atoms with van der Waals surface area (Å²) in [5.74, 6) is -0.485. The molecule has 0 aliphatic heterocycles. The van der Waals surface area contributed by atoms with Gasteiger partial charge in [0.15, 0.2) is 0 Å². The van der Waals surface area contributed by atoms with Crippen LogP contribution in [0.2, 0.25) is 0 Å². The summed E-state index contributed by atoms with van der Waals surface area (Å²) in [7, 11) is 0. The highest BCUT2D eigenvalue weighted by molar-refractivity contribution is 5.94. The minimum absolute atomic E-state index is 0.312. The molecule has 0 saturated heterocycles. The predicted molar refractivity (Wildman–Crippen MR) is 69.6 cm³/mol. The van der Waals surface area contributed by atoms with E-state index >= 15 is 0 Å². The van der Waals surface area contributed by atoms with E-state index in [1.54, 1.807) is 27.7 Å². The number of nitrogens with two attached hydrogens (primary N) is 1. The van der Waals surface area contributed by atoms with Gasteiger partial charge in [-0.1, -0.05) is 5.11 Å². The molecule has 0 radical (unpaired) electrons. The lowest BCUT2D eigenvalue weighted by molar-refractivity contribution is 0.00688. The van der Waals surface area contributed by atoms with Crippen LogP contribution >= 0.6 is 0 Å². The Morgan fingerprint density at radius 2 is 2.06 bits per heavy atom. The molecular formula is C12H16N4O2. The highest BCUT2D eigenvalue weighted by Gasteiger charge is 2.20. The van der Waals surface area contributed by atoms with Crippen LogP contribution in [-0.2, 0) is 4.74 Å². The number of hydrogen-bond acceptors (Lipinski definition) is 4. The maximum absolute atomic E-state index is 12.0. The summed E-state index contributed by atoms with van der Waals surface area (Å²) in [4.78, 5) is 14.7. The Balaban J connectivity index is 3.24. The first-order valence-corrected chi connectivity index (χ1v) is 5.43. The van der Waals surface area contributed by atoms with Gasteiger partial charge in [0, 0.05) is 16.3 Å². The second-order valence-corrected chi connectivity index (χ2v) is 4.90. The zero-order chi connectivity index (χ0) is 13.9. The summed E-state index contributed by atoms with van der Waals surface area (Å²) in [5.41, 5.74) is 15.1. The number of esters is 1. The van der Waals surface area contributed by atoms with Gasteiger partial charge in [0.05, 0.1) is 5.56 Å². The first-order chi connectivity index (χ1) is 8.24. The molecule has 0 aliphatic carbocycles. The largest absolute Gasteiger partial charge is 0.456 e. The fourth-order valence-corrected chi connectivity index (χ4v) is 1.42. The van der Waals surface area contributed by atoms with Crippen molar-refractivity contribution in [3.8, 4) is 0 Å². The maximum Gasteiger partial charge on any atom is 0.339 e. The standard InChI is InChI=1S/C12H16N4O2/c1-7-9(11(17)18-12(2,3)4)5-8(13)6-10(7)15-16-14/h5-6H,13H2,1-4H3. The Morgan fingerprint density at radius 3 is 2.56 bits per heavy atom. The topological polar surface area (TPSA) is 101 Å². The normalized spacial score (nSPS) is 10.7. The summed E-state index contributed by atoms with van der Waals surface area (Å²) in [6, 6.07) is 3.03. The van der Waals surface area contributed by atoms with Gasteiger partial charge < -0.3 is 10.5 Å². The highest BCUT2D eigenvalue weighted by Crippen LogP contribution is 2.27. The highest BCUT2D eigenvalue weighted by atomic mass is 16.6. The lowest BCUT2D eigenvalue weighted by atomic mass is 10.1. The third-order valence-electron chi connectivity index (χ3n) is 2.17. The molecule has 0 atom stereocenters. The summed E-state index contributed by atoms with van der Waals surface area (Å²) >= 11 is 0. The van der Waals surface area contributed by atoms with E-state index in [-0.39, 0.29) is 0 Å². The molecule has 96 valence electrons. The molecule has 1 rings (SSSR count). The van der Waals surface area contributed by atoms with Gasteiger partial charge in [-0.15, -0.1) is 0 Å². The van der Waals surface area contributed by atoms with Crippen molar-refractivity contribution in [2.45, 2.75) is 33.3 Å². The third-order valence-corrected chi connectivity index (χ3v) is 2.17. The lowest BCUT2D eigenvalue weighted by Gasteiger charge is -2.20. The molecule has 18 heavy (non-hydrogen) atoms. The van der Waals surface area contributed by atoms with Gasteiger partial charge in [-0.25, -0.2) is 4.79 Å². The smallest absolute Gasteiger partial charge is 0.339 e. The molecule has 0 unspecified atom stereocenters. The van der Waals surface area contributed by atoms with Crippen molar-refractivity contribution in [3.05, 3.63) is 33.7 Å². The van der Waals surface area contributed by atoms with E-state index in [0.29, 0.717) is 22.5 Å². The molecule has 0 spiro atoms. The van der Waals surface area contributed by atoms with Gasteiger partial charge in [0.25, 0.3) is 0 Å². The van der Waals surface area contributed by atoms with E-state index in [1.165, 1.54) is 12.1 Å². The average Bonchev–Trinajstić information content (AvgIpc) is 2.20. The molecule has 1 aromatic carbocycles. The SMILES string of the molecule is Cc1c(N=[N+]=[N-])cc(N)cc1C(=O)OC(C)(C)C. The van der Waals surface area contributed by atoms with Crippen LogP contribution in [0.1, 0.15) is 36.7 Å². The van der Waals surface area contributed by atoms with Crippen molar-refractivity contribution in [1.29, 1.82) is 0 Å². The third kappa shape index (κ3) is 3.40. The van der Waals surface area contributed by atoms with Crippen LogP contribution < -0.4 is 5.73 Å². The number of nitrogens with zero attached hydrogens (tertiary/aromatic N) is 3. The van der Waals surface area contributed by atoms with Gasteiger partial charge in [0.1, 0.15) is 5.60 Å². The van der Waals surface area contributed by atoms with E-state index in [1.807, 2.05) is 0 Å². The number of rotatable bonds is 2. The van der Waals surface area contributed by atoms with E-state index in [9.17, 15) is 4.79 Å². The van der Waals surface area contributed by atoms with Crippen molar-refractivity contribution in [1.82, 2.24) is 0 Å². The maximum atomic E-state index is 12.0. The molecule has 0 amide bonds. The Bertz CT molecular complexity index is 526. The zero-order valence-corrected chi connectivity index (χ0v) is 10.9. The van der Waals surface area contributed by atoms with Gasteiger partial charge in [-0.2, -0.15) is 0 Å². The molecular weight excluding hydrogens is 232 g/mol. The minimum Gasteiger partial charge on any atom is -0.456 e. The van der Waals surface area contributed by atoms with Crippen LogP contribution in [0.25, 0.3) is 10.4 Å². The molecule has 6 nitrogen and oxygen atoms in total. The number of nitrogen functional groups attached to an aromatic ring is 1. The monoisotopic (exact) mass is 248 g/mol. The first kappa shape index (κ1) is 13.9. The molecule has 0 bridgehead atoms. The number of hydrogen-bond donors (Lipinski definition) is 1. The molecule has 0 fully saturated rings. The number of azide groups is 1. The number of anilines is 1. The second-order valence-electron chi connectivity index (χ2n) is 4.90. The first-order valence-electron chi connectivity index (χ1n) is 5.43. The minimum atomic E-state index is -0.590. The summed E-state index contributed by atoms with van der Waals surface area (Å²) < 4.78 is 5.26. The summed E-state index contributed by atoms with van der Waals surface area (Å²) in [5, 5.41) is 3.50. The molecule has 0 aliphatic rings. The van der Waals surface area contributed by atoms with E-state index in [2.05, 4.69) is 10.0 Å². The number of ether oxygens (including phenoxy) is 1. The molecule has 0 heterocycles. The van der Waals surface area contributed by atoms with Crippen LogP contribution in [0.15, 0.2) is 17.2 Å². The van der Waals surface area contributed by atoms with Gasteiger partial charge in [-0.05, 0) is 50.9 Å². The van der Waals surface area contributed by atoms with Gasteiger partial charge in [-0.3, -0.25) is 0 Å². The van der Waals surface area contributed by atoms with Crippen molar-refractivity contribution < 1.29 is 9.53 Å². The van der Waals surface area contributed by atoms with Crippen molar-refractivity contribution in [2.24, 2.45) is 5.11 Å². The Kier molecular flexibility index (Phi) is 3.83. The van der Waals surface area contributed by atoms with E-state index in [0.717, 1.165) is 0 Å². The van der Waals surface area contributed by atoms with Gasteiger partial charge >= 0.3 is 5.97 Å². The van der Waals surface area contributed by atoms with Gasteiger partial charge in [0.2, 0.25) is 0 Å². The van der Waals surface area contributed by atoms with Crippen LogP contribution in [0.3, 0.4) is 0 Å². The van der Waals surface area contributed by atoms with Crippen LogP contribution in [0.5, 0.6) is 0 Å². The Labute approximate surface area is 105 Å². The average molecular weight is 248 g/mol. The van der Waals surface area contributed by atoms with Crippen LogP contribution in [0.4, 0.5) is 11.4 Å². The van der Waals surface area contributed by atoms with Crippen LogP contribution in [-0.4, -0.2) is 11.6 Å². The van der Waals surface area contributed by atoms with E-state index in [4.69, 9.17) is 16.0 Å². The Morgan fingerprint density at radius 1 is 1.44 bits per heavy atom. The predicted octanol–water partition coefficient (Wildman–Crippen LogP) is 3.47. The van der Waals surface area contributed by atoms with Crippen molar-refractivity contribution >= 4 is 17.3 Å². The second kappa shape index (κ2) is 4.98. The van der Waals surface area contributed by atoms with Crippen LogP contribution in [0, 0.1) is 6.92 Å². The molecule has 2 N–H and O–H groups in total. The molecule has 1 aromatic rings. The lowest BCUT2D eigenvalue weighted by Crippen LogP contribution is -2.24. The van der Waals surface area contributed by atoms with E-state index < -0.39 is 11.6 Å². The van der Waals surface area contributed by atoms with Crippen molar-refractivity contribution in [2.75, 3.05) is 5.73 Å². The molecule has 0 aromatic heterocycles. The fraction of sp³-hybridized carbons (Fsp3) is 0.417. The summed E-state index contributed by atoms with van der Waals surface area (Å²) in [6.45, 7) is 7.02. The number of carbonyl (C=O) groups is 1. The van der Waals surface area contributed by atoms with Crippen molar-refractivity contribution in [3.63, 3.8) is 0 Å². The fourth-order valence-electron chi connectivity index (χ4n) is 1.42.